The molecule has 1 aliphatic rings. The average Bonchev–Trinajstić information content (AvgIpc) is 2.84. The Labute approximate surface area is 128 Å². The number of piperazine rings is 1. The first-order valence-corrected chi connectivity index (χ1v) is 7.45. The fourth-order valence-corrected chi connectivity index (χ4v) is 2.84. The lowest BCUT2D eigenvalue weighted by molar-refractivity contribution is 0.107. The highest BCUT2D eigenvalue weighted by atomic mass is 35.5. The van der Waals surface area contributed by atoms with Crippen LogP contribution in [0.2, 0.25) is 5.15 Å². The number of halogens is 1. The lowest BCUT2D eigenvalue weighted by atomic mass is 10.3. The Morgan fingerprint density at radius 3 is 2.62 bits per heavy atom. The number of aliphatic hydroxyl groups is 1. The van der Waals surface area contributed by atoms with Crippen LogP contribution >= 0.6 is 11.6 Å². The maximum Gasteiger partial charge on any atom is 0.162 e. The molecule has 8 heteroatoms. The molecular weight excluding hydrogens is 292 g/mol. The maximum atomic E-state index is 8.96. The van der Waals surface area contributed by atoms with Crippen LogP contribution in [-0.2, 0) is 13.6 Å². The predicted molar refractivity (Wildman–Crippen MR) is 80.1 cm³/mol. The van der Waals surface area contributed by atoms with E-state index in [-0.39, 0.29) is 6.61 Å². The Morgan fingerprint density at radius 2 is 1.90 bits per heavy atom. The molecule has 1 saturated heterocycles. The molecule has 0 radical (unpaired) electrons. The lowest BCUT2D eigenvalue weighted by Crippen LogP contribution is -2.46. The molecule has 7 nitrogen and oxygen atoms in total. The number of aromatic nitrogens is 4. The first-order chi connectivity index (χ1) is 10.2. The fourth-order valence-electron chi connectivity index (χ4n) is 2.61. The van der Waals surface area contributed by atoms with Crippen LogP contribution in [-0.4, -0.2) is 74.0 Å². The summed E-state index contributed by atoms with van der Waals surface area (Å²) < 4.78 is 1.71. The highest BCUT2D eigenvalue weighted by Crippen LogP contribution is 2.20. The first kappa shape index (κ1) is 14.6. The van der Waals surface area contributed by atoms with Crippen LogP contribution in [0.15, 0.2) is 6.20 Å². The molecule has 114 valence electrons. The Balaban J connectivity index is 1.69. The van der Waals surface area contributed by atoms with Crippen LogP contribution in [0, 0.1) is 0 Å². The van der Waals surface area contributed by atoms with E-state index in [1.165, 1.54) is 0 Å². The second kappa shape index (κ2) is 6.23. The van der Waals surface area contributed by atoms with Crippen molar-refractivity contribution in [2.75, 3.05) is 39.3 Å². The maximum absolute atomic E-state index is 8.96. The topological polar surface area (TPSA) is 70.3 Å². The summed E-state index contributed by atoms with van der Waals surface area (Å²) in [6.45, 7) is 5.47. The zero-order valence-electron chi connectivity index (χ0n) is 12.0. The zero-order chi connectivity index (χ0) is 14.8. The van der Waals surface area contributed by atoms with Crippen molar-refractivity contribution in [1.29, 1.82) is 0 Å². The molecule has 0 spiro atoms. The third kappa shape index (κ3) is 3.16. The Morgan fingerprint density at radius 1 is 1.19 bits per heavy atom. The second-order valence-corrected chi connectivity index (χ2v) is 5.64. The Bertz CT molecular complexity index is 622. The highest BCUT2D eigenvalue weighted by molar-refractivity contribution is 6.33. The van der Waals surface area contributed by atoms with Gasteiger partial charge >= 0.3 is 0 Å². The molecule has 0 aliphatic carbocycles. The number of aliphatic hydroxyl groups excluding tert-OH is 1. The minimum atomic E-state index is 0.218. The summed E-state index contributed by atoms with van der Waals surface area (Å²) in [6, 6.07) is 0. The smallest absolute Gasteiger partial charge is 0.162 e. The van der Waals surface area contributed by atoms with E-state index in [0.717, 1.165) is 49.6 Å². The van der Waals surface area contributed by atoms with E-state index in [2.05, 4.69) is 24.9 Å². The molecule has 21 heavy (non-hydrogen) atoms. The number of β-amino-alcohol motifs (C(OH)–C–C–N with tert-alkyl or cyclic N) is 1. The van der Waals surface area contributed by atoms with Crippen molar-refractivity contribution in [2.45, 2.75) is 6.54 Å². The quantitative estimate of drug-likeness (QED) is 0.809. The van der Waals surface area contributed by atoms with Crippen LogP contribution in [0.25, 0.3) is 11.0 Å². The fraction of sp³-hybridized carbons (Fsp3) is 0.615. The Hall–Kier alpha value is -1.28. The van der Waals surface area contributed by atoms with Gasteiger partial charge in [0, 0.05) is 39.8 Å². The highest BCUT2D eigenvalue weighted by Gasteiger charge is 2.18. The molecule has 2 aromatic rings. The van der Waals surface area contributed by atoms with Gasteiger partial charge in [-0.1, -0.05) is 11.6 Å². The molecule has 1 fully saturated rings. The van der Waals surface area contributed by atoms with Crippen molar-refractivity contribution in [2.24, 2.45) is 7.05 Å². The minimum absolute atomic E-state index is 0.218. The summed E-state index contributed by atoms with van der Waals surface area (Å²) in [5.41, 5.74) is 0.768. The van der Waals surface area contributed by atoms with Crippen molar-refractivity contribution in [3.8, 4) is 0 Å². The molecular formula is C13H19ClN6O. The molecule has 2 aromatic heterocycles. The van der Waals surface area contributed by atoms with E-state index in [1.807, 2.05) is 7.05 Å². The molecule has 0 aromatic carbocycles. The van der Waals surface area contributed by atoms with Crippen LogP contribution < -0.4 is 0 Å². The van der Waals surface area contributed by atoms with Crippen LogP contribution in [0.3, 0.4) is 0 Å². The molecule has 3 rings (SSSR count). The van der Waals surface area contributed by atoms with Crippen molar-refractivity contribution in [1.82, 2.24) is 29.5 Å². The Kier molecular flexibility index (Phi) is 4.34. The number of hydrogen-bond donors (Lipinski definition) is 1. The van der Waals surface area contributed by atoms with Gasteiger partial charge in [0.05, 0.1) is 24.7 Å². The van der Waals surface area contributed by atoms with Crippen molar-refractivity contribution in [3.05, 3.63) is 17.2 Å². The first-order valence-electron chi connectivity index (χ1n) is 7.07. The van der Waals surface area contributed by atoms with Crippen molar-refractivity contribution >= 4 is 22.6 Å². The molecule has 0 saturated carbocycles. The van der Waals surface area contributed by atoms with Gasteiger partial charge in [-0.2, -0.15) is 5.10 Å². The monoisotopic (exact) mass is 310 g/mol. The zero-order valence-corrected chi connectivity index (χ0v) is 12.8. The van der Waals surface area contributed by atoms with Gasteiger partial charge in [0.2, 0.25) is 0 Å². The van der Waals surface area contributed by atoms with Gasteiger partial charge in [-0.3, -0.25) is 14.5 Å². The standard InChI is InChI=1S/C13H19ClN6O/c1-18-13-10(8-15-18)12(14)16-11(17-13)9-20-4-2-19(3-5-20)6-7-21/h8,21H,2-7,9H2,1H3. The number of aryl methyl sites for hydroxylation is 1. The van der Waals surface area contributed by atoms with E-state index in [4.69, 9.17) is 16.7 Å². The molecule has 0 atom stereocenters. The van der Waals surface area contributed by atoms with Crippen LogP contribution in [0.5, 0.6) is 0 Å². The van der Waals surface area contributed by atoms with E-state index in [0.29, 0.717) is 11.7 Å². The van der Waals surface area contributed by atoms with E-state index < -0.39 is 0 Å². The molecule has 0 bridgehead atoms. The normalized spacial score (nSPS) is 17.7. The van der Waals surface area contributed by atoms with E-state index in [1.54, 1.807) is 10.9 Å². The summed E-state index contributed by atoms with van der Waals surface area (Å²) in [7, 11) is 1.85. The predicted octanol–water partition coefficient (Wildman–Crippen LogP) is 0.127. The molecule has 1 aliphatic heterocycles. The van der Waals surface area contributed by atoms with Gasteiger partial charge in [-0.05, 0) is 0 Å². The summed E-state index contributed by atoms with van der Waals surface area (Å²) in [5, 5.41) is 14.4. The van der Waals surface area contributed by atoms with Crippen molar-refractivity contribution < 1.29 is 5.11 Å². The van der Waals surface area contributed by atoms with Crippen LogP contribution in [0.1, 0.15) is 5.82 Å². The summed E-state index contributed by atoms with van der Waals surface area (Å²) in [6.07, 6.45) is 1.69. The van der Waals surface area contributed by atoms with Gasteiger partial charge in [0.15, 0.2) is 5.65 Å². The SMILES string of the molecule is Cn1ncc2c(Cl)nc(CN3CCN(CCO)CC3)nc21. The number of rotatable bonds is 4. The largest absolute Gasteiger partial charge is 0.395 e. The molecule has 3 heterocycles. The molecule has 0 amide bonds. The molecule has 0 unspecified atom stereocenters. The van der Waals surface area contributed by atoms with E-state index in [9.17, 15) is 0 Å². The average molecular weight is 311 g/mol. The minimum Gasteiger partial charge on any atom is -0.395 e. The summed E-state index contributed by atoms with van der Waals surface area (Å²) in [4.78, 5) is 13.5. The lowest BCUT2D eigenvalue weighted by Gasteiger charge is -2.33. The summed E-state index contributed by atoms with van der Waals surface area (Å²) >= 11 is 6.20. The number of nitrogens with zero attached hydrogens (tertiary/aromatic N) is 6. The second-order valence-electron chi connectivity index (χ2n) is 5.28. The third-order valence-electron chi connectivity index (χ3n) is 3.84. The van der Waals surface area contributed by atoms with Crippen molar-refractivity contribution in [3.63, 3.8) is 0 Å². The van der Waals surface area contributed by atoms with Gasteiger partial charge in [0.1, 0.15) is 11.0 Å². The van der Waals surface area contributed by atoms with Gasteiger partial charge < -0.3 is 5.11 Å². The van der Waals surface area contributed by atoms with E-state index >= 15 is 0 Å². The van der Waals surface area contributed by atoms with Crippen LogP contribution in [0.4, 0.5) is 0 Å². The summed E-state index contributed by atoms with van der Waals surface area (Å²) in [5.74, 6) is 0.728. The molecule has 1 N–H and O–H groups in total. The van der Waals surface area contributed by atoms with Gasteiger partial charge in [0.25, 0.3) is 0 Å². The third-order valence-corrected chi connectivity index (χ3v) is 4.13. The van der Waals surface area contributed by atoms with Gasteiger partial charge in [-0.25, -0.2) is 9.97 Å². The number of fused-ring (bicyclic) bond motifs is 1. The number of hydrogen-bond acceptors (Lipinski definition) is 6. The van der Waals surface area contributed by atoms with Gasteiger partial charge in [-0.15, -0.1) is 0 Å².